The average molecular weight is 368 g/mol. The highest BCUT2D eigenvalue weighted by atomic mass is 17.2. The van der Waals surface area contributed by atoms with E-state index in [1.165, 1.54) is 12.8 Å². The van der Waals surface area contributed by atoms with Gasteiger partial charge in [0, 0.05) is 24.2 Å². The SMILES string of the molecule is CCOOC[C@@H]1CCCC[C@@H]1Nc1nccc(-n2nnc3ccccc32)n1. The Kier molecular flexibility index (Phi) is 5.55. The zero-order valence-electron chi connectivity index (χ0n) is 15.4. The van der Waals surface area contributed by atoms with Crippen LogP contribution in [-0.4, -0.2) is 44.2 Å². The maximum atomic E-state index is 5.32. The second-order valence-corrected chi connectivity index (χ2v) is 6.71. The summed E-state index contributed by atoms with van der Waals surface area (Å²) < 4.78 is 1.73. The van der Waals surface area contributed by atoms with Gasteiger partial charge in [0.15, 0.2) is 5.82 Å². The van der Waals surface area contributed by atoms with Crippen molar-refractivity contribution in [2.75, 3.05) is 18.5 Å². The van der Waals surface area contributed by atoms with E-state index in [0.29, 0.717) is 30.9 Å². The van der Waals surface area contributed by atoms with E-state index in [1.807, 2.05) is 37.3 Å². The first-order chi connectivity index (χ1) is 13.3. The van der Waals surface area contributed by atoms with Gasteiger partial charge in [-0.3, -0.25) is 0 Å². The smallest absolute Gasteiger partial charge is 0.224 e. The summed E-state index contributed by atoms with van der Waals surface area (Å²) in [6.07, 6.45) is 6.33. The Morgan fingerprint density at radius 1 is 1.15 bits per heavy atom. The summed E-state index contributed by atoms with van der Waals surface area (Å²) in [5.74, 6) is 1.67. The summed E-state index contributed by atoms with van der Waals surface area (Å²) in [7, 11) is 0. The molecule has 1 aliphatic carbocycles. The van der Waals surface area contributed by atoms with Crippen LogP contribution in [0.2, 0.25) is 0 Å². The van der Waals surface area contributed by atoms with Gasteiger partial charge in [-0.25, -0.2) is 14.8 Å². The third-order valence-electron chi connectivity index (χ3n) is 4.92. The van der Waals surface area contributed by atoms with E-state index >= 15 is 0 Å². The van der Waals surface area contributed by atoms with Crippen LogP contribution in [0.1, 0.15) is 32.6 Å². The van der Waals surface area contributed by atoms with Crippen molar-refractivity contribution in [3.63, 3.8) is 0 Å². The minimum atomic E-state index is 0.266. The molecule has 2 aromatic heterocycles. The van der Waals surface area contributed by atoms with E-state index in [2.05, 4.69) is 25.6 Å². The Morgan fingerprint density at radius 3 is 2.96 bits per heavy atom. The lowest BCUT2D eigenvalue weighted by Gasteiger charge is -2.31. The van der Waals surface area contributed by atoms with Gasteiger partial charge >= 0.3 is 0 Å². The molecule has 0 bridgehead atoms. The van der Waals surface area contributed by atoms with Gasteiger partial charge in [-0.05, 0) is 31.9 Å². The molecule has 2 atom stereocenters. The van der Waals surface area contributed by atoms with Gasteiger partial charge in [-0.2, -0.15) is 9.67 Å². The number of anilines is 1. The van der Waals surface area contributed by atoms with E-state index in [0.717, 1.165) is 23.9 Å². The molecule has 0 aliphatic heterocycles. The summed E-state index contributed by atoms with van der Waals surface area (Å²) in [5, 5.41) is 11.9. The molecule has 1 fully saturated rings. The van der Waals surface area contributed by atoms with Gasteiger partial charge in [0.05, 0.1) is 18.7 Å². The number of para-hydroxylation sites is 1. The number of hydrogen-bond donors (Lipinski definition) is 1. The van der Waals surface area contributed by atoms with Crippen LogP contribution in [0.3, 0.4) is 0 Å². The van der Waals surface area contributed by atoms with Gasteiger partial charge in [0.25, 0.3) is 0 Å². The standard InChI is InChI=1S/C19H24N6O2/c1-2-26-27-13-14-7-3-4-8-15(14)21-19-20-12-11-18(22-19)25-17-10-6-5-9-16(17)23-24-25/h5-6,9-12,14-15H,2-4,7-8,13H2,1H3,(H,20,21,22)/t14-,15-/m0/s1. The average Bonchev–Trinajstić information content (AvgIpc) is 3.14. The van der Waals surface area contributed by atoms with Gasteiger partial charge in [0.2, 0.25) is 5.95 Å². The van der Waals surface area contributed by atoms with Gasteiger partial charge in [-0.1, -0.05) is 30.2 Å². The molecule has 0 amide bonds. The molecule has 3 aromatic rings. The largest absolute Gasteiger partial charge is 0.351 e. The van der Waals surface area contributed by atoms with E-state index in [1.54, 1.807) is 10.9 Å². The fraction of sp³-hybridized carbons (Fsp3) is 0.474. The van der Waals surface area contributed by atoms with Crippen LogP contribution in [0, 0.1) is 5.92 Å². The topological polar surface area (TPSA) is 87.0 Å². The predicted octanol–water partition coefficient (Wildman–Crippen LogP) is 3.15. The molecule has 2 heterocycles. The molecule has 1 saturated carbocycles. The number of benzene rings is 1. The van der Waals surface area contributed by atoms with Crippen LogP contribution < -0.4 is 5.32 Å². The third-order valence-corrected chi connectivity index (χ3v) is 4.92. The lowest BCUT2D eigenvalue weighted by atomic mass is 9.85. The van der Waals surface area contributed by atoms with E-state index in [-0.39, 0.29) is 6.04 Å². The summed E-state index contributed by atoms with van der Waals surface area (Å²) in [6.45, 7) is 3.06. The Bertz CT molecular complexity index is 883. The van der Waals surface area contributed by atoms with Crippen molar-refractivity contribution in [2.45, 2.75) is 38.6 Å². The Labute approximate surface area is 157 Å². The molecule has 0 spiro atoms. The first-order valence-corrected chi connectivity index (χ1v) is 9.50. The van der Waals surface area contributed by atoms with Gasteiger partial charge in [-0.15, -0.1) is 5.10 Å². The molecule has 4 rings (SSSR count). The summed E-state index contributed by atoms with van der Waals surface area (Å²) in [4.78, 5) is 19.4. The number of rotatable bonds is 7. The molecule has 0 radical (unpaired) electrons. The van der Waals surface area contributed by atoms with Crippen molar-refractivity contribution in [3.8, 4) is 5.82 Å². The van der Waals surface area contributed by atoms with Crippen molar-refractivity contribution < 1.29 is 9.78 Å². The summed E-state index contributed by atoms with van der Waals surface area (Å²) >= 11 is 0. The molecule has 1 aromatic carbocycles. The number of fused-ring (bicyclic) bond motifs is 1. The molecule has 0 saturated heterocycles. The van der Waals surface area contributed by atoms with Crippen LogP contribution in [0.5, 0.6) is 0 Å². The molecule has 0 unspecified atom stereocenters. The van der Waals surface area contributed by atoms with Crippen LogP contribution in [0.25, 0.3) is 16.9 Å². The minimum Gasteiger partial charge on any atom is -0.351 e. The Morgan fingerprint density at radius 2 is 2.04 bits per heavy atom. The molecule has 142 valence electrons. The first kappa shape index (κ1) is 17.8. The first-order valence-electron chi connectivity index (χ1n) is 9.50. The highest BCUT2D eigenvalue weighted by molar-refractivity contribution is 5.75. The molecule has 8 nitrogen and oxygen atoms in total. The van der Waals surface area contributed by atoms with Crippen molar-refractivity contribution in [3.05, 3.63) is 36.5 Å². The Balaban J connectivity index is 1.52. The second kappa shape index (κ2) is 8.41. The zero-order chi connectivity index (χ0) is 18.5. The van der Waals surface area contributed by atoms with Crippen LogP contribution in [-0.2, 0) is 9.78 Å². The van der Waals surface area contributed by atoms with Crippen molar-refractivity contribution in [1.29, 1.82) is 0 Å². The fourth-order valence-electron chi connectivity index (χ4n) is 3.56. The normalized spacial score (nSPS) is 20.0. The zero-order valence-corrected chi connectivity index (χ0v) is 15.4. The van der Waals surface area contributed by atoms with Crippen LogP contribution in [0.15, 0.2) is 36.5 Å². The third kappa shape index (κ3) is 4.06. The van der Waals surface area contributed by atoms with Gasteiger partial charge in [0.1, 0.15) is 5.52 Å². The molecular formula is C19H24N6O2. The van der Waals surface area contributed by atoms with E-state index in [9.17, 15) is 0 Å². The lowest BCUT2D eigenvalue weighted by Crippen LogP contribution is -2.35. The predicted molar refractivity (Wildman–Crippen MR) is 101 cm³/mol. The molecule has 27 heavy (non-hydrogen) atoms. The highest BCUT2D eigenvalue weighted by Crippen LogP contribution is 2.27. The summed E-state index contributed by atoms with van der Waals surface area (Å²) in [5.41, 5.74) is 1.76. The number of hydrogen-bond acceptors (Lipinski definition) is 7. The number of aromatic nitrogens is 5. The maximum absolute atomic E-state index is 5.32. The van der Waals surface area contributed by atoms with Crippen LogP contribution in [0.4, 0.5) is 5.95 Å². The van der Waals surface area contributed by atoms with Crippen LogP contribution >= 0.6 is 0 Å². The molecular weight excluding hydrogens is 344 g/mol. The maximum Gasteiger partial charge on any atom is 0.224 e. The number of nitrogens with one attached hydrogen (secondary N) is 1. The lowest BCUT2D eigenvalue weighted by molar-refractivity contribution is -0.299. The van der Waals surface area contributed by atoms with Crippen molar-refractivity contribution in [2.24, 2.45) is 5.92 Å². The van der Waals surface area contributed by atoms with E-state index < -0.39 is 0 Å². The minimum absolute atomic E-state index is 0.266. The van der Waals surface area contributed by atoms with E-state index in [4.69, 9.17) is 9.78 Å². The number of nitrogens with zero attached hydrogens (tertiary/aromatic N) is 5. The van der Waals surface area contributed by atoms with Crippen molar-refractivity contribution in [1.82, 2.24) is 25.0 Å². The second-order valence-electron chi connectivity index (χ2n) is 6.71. The van der Waals surface area contributed by atoms with Gasteiger partial charge < -0.3 is 5.32 Å². The quantitative estimate of drug-likeness (QED) is 0.389. The molecule has 1 aliphatic rings. The highest BCUT2D eigenvalue weighted by Gasteiger charge is 2.26. The summed E-state index contributed by atoms with van der Waals surface area (Å²) in [6, 6.07) is 9.93. The van der Waals surface area contributed by atoms with Crippen molar-refractivity contribution >= 4 is 17.0 Å². The Hall–Kier alpha value is -2.58. The molecule has 1 N–H and O–H groups in total. The molecule has 8 heteroatoms. The fourth-order valence-corrected chi connectivity index (χ4v) is 3.56. The monoisotopic (exact) mass is 368 g/mol.